The molecule has 3 nitrogen and oxygen atoms in total. The maximum absolute atomic E-state index is 13.3. The van der Waals surface area contributed by atoms with Crippen LogP contribution in [0.5, 0.6) is 0 Å². The summed E-state index contributed by atoms with van der Waals surface area (Å²) in [5, 5.41) is 8.51. The van der Waals surface area contributed by atoms with E-state index in [1.807, 2.05) is 0 Å². The van der Waals surface area contributed by atoms with Crippen LogP contribution in [0, 0.1) is 23.0 Å². The van der Waals surface area contributed by atoms with E-state index < -0.39 is 40.3 Å². The fraction of sp³-hybridized carbons (Fsp3) is 0. The zero-order chi connectivity index (χ0) is 13.2. The lowest BCUT2D eigenvalue weighted by Gasteiger charge is -2.03. The van der Waals surface area contributed by atoms with E-state index in [9.17, 15) is 22.4 Å². The number of primary amides is 1. The number of nitriles is 1. The lowest BCUT2D eigenvalue weighted by atomic mass is 10.1. The molecule has 1 amide bonds. The van der Waals surface area contributed by atoms with Crippen LogP contribution in [0.3, 0.4) is 0 Å². The minimum Gasteiger partial charge on any atom is -0.364 e. The van der Waals surface area contributed by atoms with Crippen molar-refractivity contribution in [1.29, 1.82) is 5.26 Å². The van der Waals surface area contributed by atoms with Gasteiger partial charge in [0.25, 0.3) is 5.91 Å². The maximum atomic E-state index is 13.3. The highest BCUT2D eigenvalue weighted by Gasteiger charge is 2.21. The second kappa shape index (κ2) is 4.65. The molecule has 0 spiro atoms. The van der Waals surface area contributed by atoms with Gasteiger partial charge in [-0.25, -0.2) is 13.2 Å². The van der Waals surface area contributed by atoms with Crippen LogP contribution in [0.1, 0.15) is 11.1 Å². The molecule has 2 N–H and O–H groups in total. The molecule has 0 aliphatic rings. The lowest BCUT2D eigenvalue weighted by Crippen LogP contribution is -2.12. The first-order valence-electron chi connectivity index (χ1n) is 4.13. The molecular formula is C10H4F4N2O. The van der Waals surface area contributed by atoms with Crippen molar-refractivity contribution in [2.45, 2.75) is 0 Å². The van der Waals surface area contributed by atoms with Crippen molar-refractivity contribution in [2.75, 3.05) is 0 Å². The van der Waals surface area contributed by atoms with Crippen LogP contribution in [0.25, 0.3) is 5.83 Å². The second-order valence-corrected chi connectivity index (χ2v) is 2.89. The van der Waals surface area contributed by atoms with Crippen LogP contribution >= 0.6 is 0 Å². The summed E-state index contributed by atoms with van der Waals surface area (Å²) in [6.45, 7) is 0. The SMILES string of the molecule is N#Cc1c(C(F)=C(F)C(N)=O)ccc(F)c1F. The Balaban J connectivity index is 3.55. The Morgan fingerprint density at radius 3 is 2.35 bits per heavy atom. The van der Waals surface area contributed by atoms with Gasteiger partial charge in [-0.3, -0.25) is 4.79 Å². The Labute approximate surface area is 92.8 Å². The van der Waals surface area contributed by atoms with Crippen molar-refractivity contribution in [2.24, 2.45) is 5.73 Å². The summed E-state index contributed by atoms with van der Waals surface area (Å²) in [5.74, 6) is -8.51. The number of hydrogen-bond acceptors (Lipinski definition) is 2. The molecule has 0 saturated heterocycles. The molecule has 0 radical (unpaired) electrons. The lowest BCUT2D eigenvalue weighted by molar-refractivity contribution is -0.115. The molecule has 88 valence electrons. The average Bonchev–Trinajstić information content (AvgIpc) is 2.30. The molecule has 1 aromatic carbocycles. The Morgan fingerprint density at radius 2 is 1.88 bits per heavy atom. The number of benzene rings is 1. The number of nitrogens with zero attached hydrogens (tertiary/aromatic N) is 1. The van der Waals surface area contributed by atoms with Gasteiger partial charge in [0.15, 0.2) is 17.5 Å². The molecule has 0 aliphatic carbocycles. The van der Waals surface area contributed by atoms with E-state index in [1.165, 1.54) is 6.07 Å². The van der Waals surface area contributed by atoms with E-state index in [0.717, 1.165) is 0 Å². The highest BCUT2D eigenvalue weighted by Crippen LogP contribution is 2.27. The topological polar surface area (TPSA) is 66.9 Å². The number of hydrogen-bond donors (Lipinski definition) is 1. The summed E-state index contributed by atoms with van der Waals surface area (Å²) in [6, 6.07) is 2.30. The standard InChI is InChI=1S/C10H4F4N2O/c11-6-2-1-4(5(3-15)7(6)12)8(13)9(14)10(16)17/h1-2H,(H2,16,17). The highest BCUT2D eigenvalue weighted by atomic mass is 19.2. The minimum absolute atomic E-state index is 0.499. The monoisotopic (exact) mass is 244 g/mol. The zero-order valence-corrected chi connectivity index (χ0v) is 8.10. The average molecular weight is 244 g/mol. The maximum Gasteiger partial charge on any atom is 0.280 e. The fourth-order valence-electron chi connectivity index (χ4n) is 1.07. The van der Waals surface area contributed by atoms with Gasteiger partial charge in [0.2, 0.25) is 5.83 Å². The van der Waals surface area contributed by atoms with Crippen molar-refractivity contribution in [3.05, 3.63) is 40.7 Å². The molecule has 0 bridgehead atoms. The number of carbonyl (C=O) groups excluding carboxylic acids is 1. The van der Waals surface area contributed by atoms with Gasteiger partial charge in [-0.15, -0.1) is 0 Å². The van der Waals surface area contributed by atoms with Crippen molar-refractivity contribution in [3.63, 3.8) is 0 Å². The van der Waals surface area contributed by atoms with E-state index in [2.05, 4.69) is 5.73 Å². The molecule has 1 aromatic rings. The van der Waals surface area contributed by atoms with E-state index in [1.54, 1.807) is 0 Å². The fourth-order valence-corrected chi connectivity index (χ4v) is 1.07. The van der Waals surface area contributed by atoms with Crippen molar-refractivity contribution < 1.29 is 22.4 Å². The van der Waals surface area contributed by atoms with Crippen molar-refractivity contribution in [1.82, 2.24) is 0 Å². The number of amides is 1. The van der Waals surface area contributed by atoms with Gasteiger partial charge >= 0.3 is 0 Å². The van der Waals surface area contributed by atoms with Crippen LogP contribution in [0.4, 0.5) is 17.6 Å². The Kier molecular flexibility index (Phi) is 3.48. The largest absolute Gasteiger partial charge is 0.364 e. The van der Waals surface area contributed by atoms with Gasteiger partial charge < -0.3 is 5.73 Å². The third kappa shape index (κ3) is 2.25. The van der Waals surface area contributed by atoms with Gasteiger partial charge in [0.05, 0.1) is 0 Å². The first kappa shape index (κ1) is 12.7. The molecule has 7 heteroatoms. The van der Waals surface area contributed by atoms with Gasteiger partial charge in [-0.1, -0.05) is 0 Å². The van der Waals surface area contributed by atoms with Crippen LogP contribution in [0.15, 0.2) is 18.0 Å². The molecule has 1 rings (SSSR count). The quantitative estimate of drug-likeness (QED) is 0.638. The van der Waals surface area contributed by atoms with Crippen molar-refractivity contribution >= 4 is 11.7 Å². The van der Waals surface area contributed by atoms with Crippen LogP contribution in [0.2, 0.25) is 0 Å². The van der Waals surface area contributed by atoms with Gasteiger partial charge in [0.1, 0.15) is 11.6 Å². The summed E-state index contributed by atoms with van der Waals surface area (Å²) in [6.07, 6.45) is 0. The number of halogens is 4. The summed E-state index contributed by atoms with van der Waals surface area (Å²) < 4.78 is 51.9. The van der Waals surface area contributed by atoms with Crippen molar-refractivity contribution in [3.8, 4) is 6.07 Å². The molecule has 0 heterocycles. The molecule has 0 aliphatic heterocycles. The Hall–Kier alpha value is -2.36. The molecule has 0 aromatic heterocycles. The second-order valence-electron chi connectivity index (χ2n) is 2.89. The van der Waals surface area contributed by atoms with E-state index in [0.29, 0.717) is 12.1 Å². The molecule has 0 saturated carbocycles. The van der Waals surface area contributed by atoms with Gasteiger partial charge in [-0.2, -0.15) is 9.65 Å². The smallest absolute Gasteiger partial charge is 0.280 e. The first-order chi connectivity index (χ1) is 7.90. The van der Waals surface area contributed by atoms with E-state index in [-0.39, 0.29) is 0 Å². The summed E-state index contributed by atoms with van der Waals surface area (Å²) >= 11 is 0. The Bertz CT molecular complexity index is 560. The van der Waals surface area contributed by atoms with Crippen LogP contribution in [-0.4, -0.2) is 5.91 Å². The van der Waals surface area contributed by atoms with Crippen LogP contribution < -0.4 is 5.73 Å². The van der Waals surface area contributed by atoms with Gasteiger partial charge in [-0.05, 0) is 12.1 Å². The summed E-state index contributed by atoms with van der Waals surface area (Å²) in [4.78, 5) is 10.4. The predicted molar refractivity (Wildman–Crippen MR) is 49.4 cm³/mol. The molecular weight excluding hydrogens is 240 g/mol. The van der Waals surface area contributed by atoms with E-state index in [4.69, 9.17) is 5.26 Å². The Morgan fingerprint density at radius 1 is 1.29 bits per heavy atom. The minimum atomic E-state index is -1.97. The highest BCUT2D eigenvalue weighted by molar-refractivity contribution is 5.96. The third-order valence-electron chi connectivity index (χ3n) is 1.85. The first-order valence-corrected chi connectivity index (χ1v) is 4.13. The van der Waals surface area contributed by atoms with Crippen LogP contribution in [-0.2, 0) is 4.79 Å². The summed E-state index contributed by atoms with van der Waals surface area (Å²) in [7, 11) is 0. The number of carbonyl (C=O) groups is 1. The van der Waals surface area contributed by atoms with E-state index >= 15 is 0 Å². The molecule has 17 heavy (non-hydrogen) atoms. The van der Waals surface area contributed by atoms with Gasteiger partial charge in [0, 0.05) is 5.56 Å². The molecule has 0 fully saturated rings. The summed E-state index contributed by atoms with van der Waals surface area (Å²) in [5.41, 5.74) is 2.56. The normalized spacial score (nSPS) is 11.7. The predicted octanol–water partition coefficient (Wildman–Crippen LogP) is 1.93. The third-order valence-corrected chi connectivity index (χ3v) is 1.85. The molecule has 0 atom stereocenters. The number of nitrogens with two attached hydrogens (primary N) is 1. The number of rotatable bonds is 2. The zero-order valence-electron chi connectivity index (χ0n) is 8.10. The molecule has 0 unspecified atom stereocenters.